The lowest BCUT2D eigenvalue weighted by atomic mass is 9.94. The first kappa shape index (κ1) is 16.3. The number of hydrogen-bond donors (Lipinski definition) is 1. The molecule has 0 spiro atoms. The van der Waals surface area contributed by atoms with Gasteiger partial charge in [0, 0.05) is 10.5 Å². The van der Waals surface area contributed by atoms with Gasteiger partial charge in [0.15, 0.2) is 0 Å². The summed E-state index contributed by atoms with van der Waals surface area (Å²) in [5.74, 6) is 0.705. The minimum Gasteiger partial charge on any atom is -0.497 e. The molecule has 1 aromatic carbocycles. The summed E-state index contributed by atoms with van der Waals surface area (Å²) in [6, 6.07) is 5.16. The lowest BCUT2D eigenvalue weighted by Gasteiger charge is -2.18. The smallest absolute Gasteiger partial charge is 0.232 e. The zero-order chi connectivity index (χ0) is 14.7. The van der Waals surface area contributed by atoms with Crippen molar-refractivity contribution in [3.63, 3.8) is 0 Å². The highest BCUT2D eigenvalue weighted by Crippen LogP contribution is 2.28. The van der Waals surface area contributed by atoms with Crippen LogP contribution in [0.4, 0.5) is 5.69 Å². The second-order valence-electron chi connectivity index (χ2n) is 5.58. The average molecular weight is 350 g/mol. The maximum atomic E-state index is 12.0. The monoisotopic (exact) mass is 349 g/mol. The fourth-order valence-corrected chi connectivity index (χ4v) is 3.33. The summed E-state index contributed by atoms with van der Waals surface area (Å²) in [7, 11) is -1.81. The summed E-state index contributed by atoms with van der Waals surface area (Å²) < 4.78 is 32.4. The zero-order valence-electron chi connectivity index (χ0n) is 11.7. The van der Waals surface area contributed by atoms with Crippen LogP contribution in [0.5, 0.6) is 5.75 Å². The van der Waals surface area contributed by atoms with Crippen LogP contribution in [0, 0.1) is 5.41 Å². The summed E-state index contributed by atoms with van der Waals surface area (Å²) in [5.41, 5.74) is 0.480. The Hall–Kier alpha value is -0.750. The highest BCUT2D eigenvalue weighted by atomic mass is 79.9. The van der Waals surface area contributed by atoms with Gasteiger partial charge in [0.1, 0.15) is 5.75 Å². The molecular weight excluding hydrogens is 330 g/mol. The Kier molecular flexibility index (Phi) is 5.26. The van der Waals surface area contributed by atoms with Crippen molar-refractivity contribution in [2.24, 2.45) is 5.41 Å². The van der Waals surface area contributed by atoms with Gasteiger partial charge in [0.25, 0.3) is 0 Å². The Labute approximate surface area is 123 Å². The molecule has 0 bridgehead atoms. The molecule has 0 aliphatic heterocycles. The van der Waals surface area contributed by atoms with Crippen LogP contribution < -0.4 is 9.46 Å². The lowest BCUT2D eigenvalue weighted by molar-refractivity contribution is 0.397. The summed E-state index contributed by atoms with van der Waals surface area (Å²) in [4.78, 5) is 0. The van der Waals surface area contributed by atoms with Gasteiger partial charge in [-0.25, -0.2) is 8.42 Å². The SMILES string of the molecule is COc1ccc(Br)c(NS(=O)(=O)CCC(C)(C)C)c1. The molecule has 0 amide bonds. The Morgan fingerprint density at radius 2 is 1.95 bits per heavy atom. The van der Waals surface area contributed by atoms with Gasteiger partial charge in [-0.1, -0.05) is 20.8 Å². The number of anilines is 1. The summed E-state index contributed by atoms with van der Waals surface area (Å²) >= 11 is 3.32. The third-order valence-corrected chi connectivity index (χ3v) is 4.52. The van der Waals surface area contributed by atoms with Crippen molar-refractivity contribution in [2.75, 3.05) is 17.6 Å². The molecule has 0 aliphatic carbocycles. The molecule has 108 valence electrons. The third kappa shape index (κ3) is 5.82. The fourth-order valence-electron chi connectivity index (χ4n) is 1.37. The predicted octanol–water partition coefficient (Wildman–Crippen LogP) is 3.64. The normalized spacial score (nSPS) is 12.3. The molecule has 1 rings (SSSR count). The van der Waals surface area contributed by atoms with E-state index in [2.05, 4.69) is 20.7 Å². The van der Waals surface area contributed by atoms with E-state index in [1.165, 1.54) is 0 Å². The highest BCUT2D eigenvalue weighted by molar-refractivity contribution is 9.10. The summed E-state index contributed by atoms with van der Waals surface area (Å²) in [6.07, 6.45) is 0.601. The van der Waals surface area contributed by atoms with Crippen molar-refractivity contribution in [1.29, 1.82) is 0 Å². The number of sulfonamides is 1. The Bertz CT molecular complexity index is 535. The van der Waals surface area contributed by atoms with E-state index >= 15 is 0 Å². The van der Waals surface area contributed by atoms with Gasteiger partial charge in [-0.3, -0.25) is 4.72 Å². The van der Waals surface area contributed by atoms with Crippen LogP contribution in [0.3, 0.4) is 0 Å². The third-order valence-electron chi connectivity index (χ3n) is 2.56. The predicted molar refractivity (Wildman–Crippen MR) is 82.2 cm³/mol. The molecule has 0 atom stereocenters. The molecule has 0 radical (unpaired) electrons. The van der Waals surface area contributed by atoms with E-state index in [1.807, 2.05) is 20.8 Å². The van der Waals surface area contributed by atoms with Crippen LogP contribution >= 0.6 is 15.9 Å². The van der Waals surface area contributed by atoms with Crippen molar-refractivity contribution >= 4 is 31.6 Å². The quantitative estimate of drug-likeness (QED) is 0.882. The molecule has 0 heterocycles. The van der Waals surface area contributed by atoms with Crippen molar-refractivity contribution < 1.29 is 13.2 Å². The van der Waals surface area contributed by atoms with E-state index < -0.39 is 10.0 Å². The number of nitrogens with one attached hydrogen (secondary N) is 1. The molecular formula is C13H20BrNO3S. The van der Waals surface area contributed by atoms with Crippen LogP contribution in [0.25, 0.3) is 0 Å². The highest BCUT2D eigenvalue weighted by Gasteiger charge is 2.18. The summed E-state index contributed by atoms with van der Waals surface area (Å²) in [6.45, 7) is 6.05. The number of hydrogen-bond acceptors (Lipinski definition) is 3. The van der Waals surface area contributed by atoms with Gasteiger partial charge >= 0.3 is 0 Å². The van der Waals surface area contributed by atoms with Crippen molar-refractivity contribution in [3.05, 3.63) is 22.7 Å². The maximum absolute atomic E-state index is 12.0. The van der Waals surface area contributed by atoms with E-state index in [4.69, 9.17) is 4.74 Å². The minimum absolute atomic E-state index is 0.0135. The Morgan fingerprint density at radius 1 is 1.32 bits per heavy atom. The molecule has 6 heteroatoms. The molecule has 19 heavy (non-hydrogen) atoms. The molecule has 1 aromatic rings. The van der Waals surface area contributed by atoms with Crippen LogP contribution in [0.1, 0.15) is 27.2 Å². The first-order chi connectivity index (χ1) is 8.63. The molecule has 4 nitrogen and oxygen atoms in total. The van der Waals surface area contributed by atoms with Crippen LogP contribution in [0.15, 0.2) is 22.7 Å². The number of ether oxygens (including phenoxy) is 1. The number of benzene rings is 1. The zero-order valence-corrected chi connectivity index (χ0v) is 14.1. The van der Waals surface area contributed by atoms with Gasteiger partial charge < -0.3 is 4.74 Å². The molecule has 0 aromatic heterocycles. The van der Waals surface area contributed by atoms with Crippen molar-refractivity contribution in [2.45, 2.75) is 27.2 Å². The van der Waals surface area contributed by atoms with Gasteiger partial charge in [0.05, 0.1) is 18.6 Å². The first-order valence-corrected chi connectivity index (χ1v) is 8.41. The lowest BCUT2D eigenvalue weighted by Crippen LogP contribution is -2.21. The number of rotatable bonds is 5. The molecule has 0 aliphatic rings. The van der Waals surface area contributed by atoms with E-state index in [1.54, 1.807) is 25.3 Å². The Morgan fingerprint density at radius 3 is 2.47 bits per heavy atom. The van der Waals surface area contributed by atoms with E-state index in [0.717, 1.165) is 0 Å². The largest absolute Gasteiger partial charge is 0.497 e. The fraction of sp³-hybridized carbons (Fsp3) is 0.538. The topological polar surface area (TPSA) is 55.4 Å². The maximum Gasteiger partial charge on any atom is 0.232 e. The number of methoxy groups -OCH3 is 1. The summed E-state index contributed by atoms with van der Waals surface area (Å²) in [5, 5.41) is 0. The van der Waals surface area contributed by atoms with Gasteiger partial charge in [-0.15, -0.1) is 0 Å². The van der Waals surface area contributed by atoms with Crippen LogP contribution in [-0.2, 0) is 10.0 Å². The second kappa shape index (κ2) is 6.13. The molecule has 0 fully saturated rings. The number of halogens is 1. The van der Waals surface area contributed by atoms with E-state index in [0.29, 0.717) is 22.3 Å². The van der Waals surface area contributed by atoms with E-state index in [-0.39, 0.29) is 11.2 Å². The van der Waals surface area contributed by atoms with Crippen LogP contribution in [0.2, 0.25) is 0 Å². The van der Waals surface area contributed by atoms with Gasteiger partial charge in [-0.2, -0.15) is 0 Å². The molecule has 0 saturated heterocycles. The average Bonchev–Trinajstić information content (AvgIpc) is 2.29. The standard InChI is InChI=1S/C13H20BrNO3S/c1-13(2,3)7-8-19(16,17)15-12-9-10(18-4)5-6-11(12)14/h5-6,9,15H,7-8H2,1-4H3. The van der Waals surface area contributed by atoms with E-state index in [9.17, 15) is 8.42 Å². The molecule has 0 saturated carbocycles. The van der Waals surface area contributed by atoms with Crippen LogP contribution in [-0.4, -0.2) is 21.3 Å². The first-order valence-electron chi connectivity index (χ1n) is 5.97. The second-order valence-corrected chi connectivity index (χ2v) is 8.27. The van der Waals surface area contributed by atoms with Gasteiger partial charge in [0.2, 0.25) is 10.0 Å². The van der Waals surface area contributed by atoms with Crippen molar-refractivity contribution in [3.8, 4) is 5.75 Å². The molecule has 0 unspecified atom stereocenters. The van der Waals surface area contributed by atoms with Crippen molar-refractivity contribution in [1.82, 2.24) is 0 Å². The Balaban J connectivity index is 2.83. The minimum atomic E-state index is -3.35. The van der Waals surface area contributed by atoms with Gasteiger partial charge in [-0.05, 0) is 39.9 Å². The molecule has 1 N–H and O–H groups in total.